The first-order valence-electron chi connectivity index (χ1n) is 8.50. The van der Waals surface area contributed by atoms with Crippen LogP contribution in [0.5, 0.6) is 0 Å². The zero-order chi connectivity index (χ0) is 17.4. The third-order valence-electron chi connectivity index (χ3n) is 4.00. The highest BCUT2D eigenvalue weighted by Gasteiger charge is 2.23. The second kappa shape index (κ2) is 11.2. The second-order valence-electron chi connectivity index (χ2n) is 6.10. The Bertz CT molecular complexity index is 457. The van der Waals surface area contributed by atoms with Crippen LogP contribution in [0.2, 0.25) is 0 Å². The van der Waals surface area contributed by atoms with E-state index in [1.165, 1.54) is 0 Å². The molecule has 138 valence electrons. The van der Waals surface area contributed by atoms with E-state index in [2.05, 4.69) is 42.6 Å². The van der Waals surface area contributed by atoms with Gasteiger partial charge in [0.1, 0.15) is 0 Å². The van der Waals surface area contributed by atoms with Gasteiger partial charge in [-0.15, -0.1) is 12.4 Å². The summed E-state index contributed by atoms with van der Waals surface area (Å²) in [6, 6.07) is 0.854. The topological polar surface area (TPSA) is 52.6 Å². The normalized spacial score (nSPS) is 10.9. The van der Waals surface area contributed by atoms with Gasteiger partial charge in [-0.3, -0.25) is 14.8 Å². The van der Waals surface area contributed by atoms with E-state index in [0.717, 1.165) is 6.54 Å². The highest BCUT2D eigenvalue weighted by molar-refractivity contribution is 5.90. The number of carbonyl (C=O) groups excluding carboxylic acids is 1. The molecule has 6 nitrogen and oxygen atoms in total. The van der Waals surface area contributed by atoms with Crippen LogP contribution in [0.15, 0.2) is 18.6 Å². The van der Waals surface area contributed by atoms with Crippen molar-refractivity contribution in [3.63, 3.8) is 0 Å². The van der Waals surface area contributed by atoms with Crippen molar-refractivity contribution in [3.8, 4) is 0 Å². The lowest BCUT2D eigenvalue weighted by Gasteiger charge is -2.34. The Morgan fingerprint density at radius 1 is 1.04 bits per heavy atom. The fraction of sp³-hybridized carbons (Fsp3) is 0.706. The van der Waals surface area contributed by atoms with Crippen LogP contribution in [-0.4, -0.2) is 64.1 Å². The van der Waals surface area contributed by atoms with Crippen molar-refractivity contribution in [2.24, 2.45) is 0 Å². The fourth-order valence-electron chi connectivity index (χ4n) is 2.73. The molecule has 1 rings (SSSR count). The number of halogens is 1. The summed E-state index contributed by atoms with van der Waals surface area (Å²) in [5, 5.41) is 0. The highest BCUT2D eigenvalue weighted by atomic mass is 35.5. The third-order valence-corrected chi connectivity index (χ3v) is 4.00. The van der Waals surface area contributed by atoms with Gasteiger partial charge in [0.2, 0.25) is 0 Å². The average molecular weight is 358 g/mol. The van der Waals surface area contributed by atoms with E-state index in [9.17, 15) is 4.79 Å². The van der Waals surface area contributed by atoms with Gasteiger partial charge in [-0.05, 0) is 41.5 Å². The standard InChI is InChI=1S/C17H31N5O.ClH/c1-7-20(8-2)17(23)22(16-13-18-9-10-19-16)12-11-21(14(3)4)15(5)6;/h9-10,13-15H,7-8,11-12H2,1-6H3;1H. The Hall–Kier alpha value is -1.40. The number of urea groups is 1. The van der Waals surface area contributed by atoms with Gasteiger partial charge in [-0.1, -0.05) is 0 Å². The Kier molecular flexibility index (Phi) is 10.6. The number of rotatable bonds is 8. The van der Waals surface area contributed by atoms with Crippen LogP contribution in [0.25, 0.3) is 0 Å². The van der Waals surface area contributed by atoms with Gasteiger partial charge >= 0.3 is 6.03 Å². The number of aromatic nitrogens is 2. The summed E-state index contributed by atoms with van der Waals surface area (Å²) >= 11 is 0. The van der Waals surface area contributed by atoms with Crippen molar-refractivity contribution >= 4 is 24.3 Å². The van der Waals surface area contributed by atoms with Crippen molar-refractivity contribution in [3.05, 3.63) is 18.6 Å². The summed E-state index contributed by atoms with van der Waals surface area (Å²) in [6.45, 7) is 15.5. The Balaban J connectivity index is 0.00000529. The molecule has 0 atom stereocenters. The number of carbonyl (C=O) groups is 1. The van der Waals surface area contributed by atoms with Gasteiger partial charge in [0.15, 0.2) is 5.82 Å². The van der Waals surface area contributed by atoms with Crippen molar-refractivity contribution in [2.45, 2.75) is 53.6 Å². The number of hydrogen-bond acceptors (Lipinski definition) is 4. The van der Waals surface area contributed by atoms with Crippen LogP contribution in [0.4, 0.5) is 10.6 Å². The van der Waals surface area contributed by atoms with E-state index < -0.39 is 0 Å². The van der Waals surface area contributed by atoms with E-state index in [0.29, 0.717) is 37.5 Å². The van der Waals surface area contributed by atoms with E-state index in [1.54, 1.807) is 23.5 Å². The summed E-state index contributed by atoms with van der Waals surface area (Å²) in [6.07, 6.45) is 4.90. The Labute approximate surface area is 152 Å². The van der Waals surface area contributed by atoms with Crippen molar-refractivity contribution in [2.75, 3.05) is 31.1 Å². The molecule has 0 fully saturated rings. The van der Waals surface area contributed by atoms with Crippen molar-refractivity contribution in [1.82, 2.24) is 19.8 Å². The molecule has 0 spiro atoms. The predicted octanol–water partition coefficient (Wildman–Crippen LogP) is 3.29. The van der Waals surface area contributed by atoms with E-state index >= 15 is 0 Å². The molecule has 0 radical (unpaired) electrons. The molecule has 0 aliphatic carbocycles. The molecule has 2 amide bonds. The van der Waals surface area contributed by atoms with Gasteiger partial charge in [-0.25, -0.2) is 9.78 Å². The van der Waals surface area contributed by atoms with Gasteiger partial charge < -0.3 is 4.90 Å². The maximum atomic E-state index is 12.8. The van der Waals surface area contributed by atoms with Crippen LogP contribution in [0.1, 0.15) is 41.5 Å². The summed E-state index contributed by atoms with van der Waals surface area (Å²) in [5.41, 5.74) is 0. The van der Waals surface area contributed by atoms with Crippen LogP contribution in [0, 0.1) is 0 Å². The van der Waals surface area contributed by atoms with Crippen molar-refractivity contribution < 1.29 is 4.79 Å². The van der Waals surface area contributed by atoms with Gasteiger partial charge in [0, 0.05) is 50.7 Å². The molecule has 1 aromatic rings. The maximum Gasteiger partial charge on any atom is 0.325 e. The molecule has 0 unspecified atom stereocenters. The Morgan fingerprint density at radius 3 is 2.04 bits per heavy atom. The smallest absolute Gasteiger partial charge is 0.325 e. The van der Waals surface area contributed by atoms with E-state index in [1.807, 2.05) is 18.7 Å². The molecule has 1 heterocycles. The molecule has 0 bridgehead atoms. The molecule has 1 aromatic heterocycles. The maximum absolute atomic E-state index is 12.8. The minimum Gasteiger partial charge on any atom is -0.325 e. The molecule has 0 N–H and O–H groups in total. The Morgan fingerprint density at radius 2 is 1.62 bits per heavy atom. The van der Waals surface area contributed by atoms with Gasteiger partial charge in [-0.2, -0.15) is 0 Å². The van der Waals surface area contributed by atoms with E-state index in [4.69, 9.17) is 0 Å². The third kappa shape index (κ3) is 6.24. The molecule has 0 saturated carbocycles. The lowest BCUT2D eigenvalue weighted by atomic mass is 10.2. The highest BCUT2D eigenvalue weighted by Crippen LogP contribution is 2.13. The number of hydrogen-bond donors (Lipinski definition) is 0. The predicted molar refractivity (Wildman–Crippen MR) is 102 cm³/mol. The first kappa shape index (κ1) is 22.6. The first-order chi connectivity index (χ1) is 10.9. The molecule has 24 heavy (non-hydrogen) atoms. The lowest BCUT2D eigenvalue weighted by molar-refractivity contribution is 0.175. The largest absolute Gasteiger partial charge is 0.325 e. The van der Waals surface area contributed by atoms with Crippen LogP contribution in [0.3, 0.4) is 0 Å². The van der Waals surface area contributed by atoms with Crippen LogP contribution in [-0.2, 0) is 0 Å². The van der Waals surface area contributed by atoms with Crippen molar-refractivity contribution in [1.29, 1.82) is 0 Å². The van der Waals surface area contributed by atoms with E-state index in [-0.39, 0.29) is 18.4 Å². The summed E-state index contributed by atoms with van der Waals surface area (Å²) < 4.78 is 0. The minimum absolute atomic E-state index is 0. The van der Waals surface area contributed by atoms with Crippen LogP contribution >= 0.6 is 12.4 Å². The summed E-state index contributed by atoms with van der Waals surface area (Å²) in [5.74, 6) is 0.608. The molecule has 0 aliphatic rings. The minimum atomic E-state index is -0.0111. The SMILES string of the molecule is CCN(CC)C(=O)N(CCN(C(C)C)C(C)C)c1cnccn1.Cl. The number of anilines is 1. The summed E-state index contributed by atoms with van der Waals surface area (Å²) in [7, 11) is 0. The molecule has 0 aliphatic heterocycles. The monoisotopic (exact) mass is 357 g/mol. The quantitative estimate of drug-likeness (QED) is 0.716. The lowest BCUT2D eigenvalue weighted by Crippen LogP contribution is -2.48. The van der Waals surface area contributed by atoms with Crippen LogP contribution < -0.4 is 4.90 Å². The number of amides is 2. The zero-order valence-corrected chi connectivity index (χ0v) is 16.6. The molecule has 0 saturated heterocycles. The number of nitrogens with zero attached hydrogens (tertiary/aromatic N) is 5. The summed E-state index contributed by atoms with van der Waals surface area (Å²) in [4.78, 5) is 27.2. The molecular weight excluding hydrogens is 326 g/mol. The average Bonchev–Trinajstić information content (AvgIpc) is 2.52. The second-order valence-corrected chi connectivity index (χ2v) is 6.10. The molecule has 0 aromatic carbocycles. The van der Waals surface area contributed by atoms with Gasteiger partial charge in [0.25, 0.3) is 0 Å². The van der Waals surface area contributed by atoms with Gasteiger partial charge in [0.05, 0.1) is 6.20 Å². The molecule has 7 heteroatoms. The zero-order valence-electron chi connectivity index (χ0n) is 15.8. The first-order valence-corrected chi connectivity index (χ1v) is 8.50. The fourth-order valence-corrected chi connectivity index (χ4v) is 2.73. The molecular formula is C17H32ClN5O.